The largest absolute Gasteiger partial charge is 0.369 e. The highest BCUT2D eigenvalue weighted by atomic mass is 79.9. The highest BCUT2D eigenvalue weighted by Crippen LogP contribution is 2.32. The van der Waals surface area contributed by atoms with Crippen LogP contribution in [0.4, 0.5) is 5.69 Å². The molecule has 4 nitrogen and oxygen atoms in total. The highest BCUT2D eigenvalue weighted by molar-refractivity contribution is 9.10. The lowest BCUT2D eigenvalue weighted by Gasteiger charge is -2.31. The molecule has 0 atom stereocenters. The first-order valence-corrected chi connectivity index (χ1v) is 7.96. The number of anilines is 1. The van der Waals surface area contributed by atoms with E-state index >= 15 is 0 Å². The van der Waals surface area contributed by atoms with Crippen molar-refractivity contribution in [2.45, 2.75) is 11.3 Å². The van der Waals surface area contributed by atoms with Crippen LogP contribution in [0.25, 0.3) is 0 Å². The first kappa shape index (κ1) is 12.9. The fourth-order valence-corrected chi connectivity index (χ4v) is 3.99. The van der Waals surface area contributed by atoms with E-state index in [0.29, 0.717) is 18.0 Å². The van der Waals surface area contributed by atoms with Crippen LogP contribution in [0.3, 0.4) is 0 Å². The quantitative estimate of drug-likeness (QED) is 0.914. The molecule has 0 amide bonds. The average Bonchev–Trinajstić information content (AvgIpc) is 2.29. The lowest BCUT2D eigenvalue weighted by molar-refractivity contribution is 0.588. The van der Waals surface area contributed by atoms with Crippen molar-refractivity contribution in [2.24, 2.45) is 5.73 Å². The van der Waals surface area contributed by atoms with E-state index in [1.165, 1.54) is 0 Å². The lowest BCUT2D eigenvalue weighted by atomic mass is 10.2. The normalized spacial score (nSPS) is 17.9. The van der Waals surface area contributed by atoms with Gasteiger partial charge in [0.15, 0.2) is 9.84 Å². The van der Waals surface area contributed by atoms with Crippen LogP contribution in [0, 0.1) is 0 Å². The molecule has 0 saturated carbocycles. The Bertz CT molecular complexity index is 516. The summed E-state index contributed by atoms with van der Waals surface area (Å²) in [5.41, 5.74) is 6.29. The molecule has 0 saturated heterocycles. The van der Waals surface area contributed by atoms with Crippen molar-refractivity contribution in [3.05, 3.63) is 22.7 Å². The molecule has 1 aromatic rings. The number of fused-ring (bicyclic) bond motifs is 1. The molecule has 0 spiro atoms. The molecule has 6 heteroatoms. The molecule has 1 heterocycles. The summed E-state index contributed by atoms with van der Waals surface area (Å²) in [6, 6.07) is 5.40. The molecule has 94 valence electrons. The van der Waals surface area contributed by atoms with Gasteiger partial charge < -0.3 is 10.6 Å². The minimum atomic E-state index is -3.13. The second-order valence-electron chi connectivity index (χ2n) is 4.06. The number of benzene rings is 1. The van der Waals surface area contributed by atoms with E-state index < -0.39 is 9.84 Å². The van der Waals surface area contributed by atoms with E-state index in [2.05, 4.69) is 20.8 Å². The molecular formula is C11H15BrN2O2S. The molecule has 0 unspecified atom stereocenters. The van der Waals surface area contributed by atoms with Gasteiger partial charge in [0.1, 0.15) is 0 Å². The number of sulfone groups is 1. The van der Waals surface area contributed by atoms with Gasteiger partial charge in [0.05, 0.1) is 16.3 Å². The second kappa shape index (κ2) is 4.96. The van der Waals surface area contributed by atoms with E-state index in [1.807, 2.05) is 12.1 Å². The van der Waals surface area contributed by atoms with Crippen molar-refractivity contribution in [3.8, 4) is 0 Å². The van der Waals surface area contributed by atoms with Gasteiger partial charge in [-0.1, -0.05) is 15.9 Å². The highest BCUT2D eigenvalue weighted by Gasteiger charge is 2.27. The summed E-state index contributed by atoms with van der Waals surface area (Å²) < 4.78 is 24.7. The summed E-state index contributed by atoms with van der Waals surface area (Å²) in [6.45, 7) is 1.98. The van der Waals surface area contributed by atoms with Crippen LogP contribution in [0.2, 0.25) is 0 Å². The van der Waals surface area contributed by atoms with Crippen LogP contribution in [0.1, 0.15) is 6.42 Å². The molecule has 0 aliphatic carbocycles. The first-order chi connectivity index (χ1) is 8.04. The SMILES string of the molecule is NCCCN1CCS(=O)(=O)c2cc(Br)ccc21. The maximum Gasteiger partial charge on any atom is 0.182 e. The molecule has 1 aliphatic heterocycles. The fraction of sp³-hybridized carbons (Fsp3) is 0.455. The minimum absolute atomic E-state index is 0.182. The molecule has 2 rings (SSSR count). The number of nitrogens with zero attached hydrogens (tertiary/aromatic N) is 1. The zero-order valence-corrected chi connectivity index (χ0v) is 11.8. The third kappa shape index (κ3) is 2.64. The smallest absolute Gasteiger partial charge is 0.182 e. The molecule has 1 aromatic carbocycles. The number of halogens is 1. The van der Waals surface area contributed by atoms with Gasteiger partial charge in [-0.25, -0.2) is 8.42 Å². The Labute approximate surface area is 110 Å². The van der Waals surface area contributed by atoms with Gasteiger partial charge >= 0.3 is 0 Å². The van der Waals surface area contributed by atoms with Gasteiger partial charge in [-0.3, -0.25) is 0 Å². The van der Waals surface area contributed by atoms with Crippen molar-refractivity contribution in [1.29, 1.82) is 0 Å². The van der Waals surface area contributed by atoms with Gasteiger partial charge in [0, 0.05) is 17.6 Å². The molecule has 1 aliphatic rings. The molecule has 17 heavy (non-hydrogen) atoms. The third-order valence-electron chi connectivity index (χ3n) is 2.86. The van der Waals surface area contributed by atoms with Gasteiger partial charge in [-0.05, 0) is 31.2 Å². The van der Waals surface area contributed by atoms with Crippen LogP contribution in [-0.4, -0.2) is 33.8 Å². The Kier molecular flexibility index (Phi) is 3.75. The Hall–Kier alpha value is -0.590. The lowest BCUT2D eigenvalue weighted by Crippen LogP contribution is -2.36. The number of hydrogen-bond donors (Lipinski definition) is 1. The van der Waals surface area contributed by atoms with Gasteiger partial charge in [0.2, 0.25) is 0 Å². The summed E-state index contributed by atoms with van der Waals surface area (Å²) >= 11 is 3.31. The fourth-order valence-electron chi connectivity index (χ4n) is 1.97. The summed E-state index contributed by atoms with van der Waals surface area (Å²) in [5.74, 6) is 0.182. The van der Waals surface area contributed by atoms with E-state index in [-0.39, 0.29) is 5.75 Å². The van der Waals surface area contributed by atoms with Gasteiger partial charge in [-0.15, -0.1) is 0 Å². The van der Waals surface area contributed by atoms with E-state index in [1.54, 1.807) is 6.07 Å². The predicted molar refractivity (Wildman–Crippen MR) is 72.1 cm³/mol. The van der Waals surface area contributed by atoms with Gasteiger partial charge in [0.25, 0.3) is 0 Å². The number of rotatable bonds is 3. The average molecular weight is 319 g/mol. The van der Waals surface area contributed by atoms with Crippen molar-refractivity contribution in [3.63, 3.8) is 0 Å². The molecule has 0 fully saturated rings. The Morgan fingerprint density at radius 3 is 2.88 bits per heavy atom. The topological polar surface area (TPSA) is 63.4 Å². The van der Waals surface area contributed by atoms with Crippen molar-refractivity contribution in [1.82, 2.24) is 0 Å². The van der Waals surface area contributed by atoms with Crippen LogP contribution in [0.15, 0.2) is 27.6 Å². The number of hydrogen-bond acceptors (Lipinski definition) is 4. The van der Waals surface area contributed by atoms with E-state index in [0.717, 1.165) is 23.1 Å². The predicted octanol–water partition coefficient (Wildman–Crippen LogP) is 1.39. The molecular weight excluding hydrogens is 304 g/mol. The van der Waals surface area contributed by atoms with Crippen molar-refractivity contribution < 1.29 is 8.42 Å². The standard InChI is InChI=1S/C11H15BrN2O2S/c12-9-2-3-10-11(8-9)17(15,16)7-6-14(10)5-1-4-13/h2-3,8H,1,4-7,13H2. The Morgan fingerprint density at radius 2 is 2.18 bits per heavy atom. The van der Waals surface area contributed by atoms with E-state index in [9.17, 15) is 8.42 Å². The monoisotopic (exact) mass is 318 g/mol. The first-order valence-electron chi connectivity index (χ1n) is 5.52. The minimum Gasteiger partial charge on any atom is -0.369 e. The molecule has 0 aromatic heterocycles. The second-order valence-corrected chi connectivity index (χ2v) is 7.05. The summed E-state index contributed by atoms with van der Waals surface area (Å²) in [5, 5.41) is 0. The van der Waals surface area contributed by atoms with E-state index in [4.69, 9.17) is 5.73 Å². The third-order valence-corrected chi connectivity index (χ3v) is 5.07. The summed E-state index contributed by atoms with van der Waals surface area (Å²) in [6.07, 6.45) is 0.871. The zero-order valence-electron chi connectivity index (χ0n) is 9.39. The van der Waals surface area contributed by atoms with Crippen molar-refractivity contribution >= 4 is 31.5 Å². The molecule has 0 bridgehead atoms. The maximum absolute atomic E-state index is 12.0. The maximum atomic E-state index is 12.0. The summed E-state index contributed by atoms with van der Waals surface area (Å²) in [4.78, 5) is 2.52. The summed E-state index contributed by atoms with van der Waals surface area (Å²) in [7, 11) is -3.13. The van der Waals surface area contributed by atoms with Crippen LogP contribution < -0.4 is 10.6 Å². The van der Waals surface area contributed by atoms with Crippen LogP contribution >= 0.6 is 15.9 Å². The Balaban J connectivity index is 2.41. The van der Waals surface area contributed by atoms with Crippen LogP contribution in [0.5, 0.6) is 0 Å². The van der Waals surface area contributed by atoms with Crippen molar-refractivity contribution in [2.75, 3.05) is 30.3 Å². The zero-order chi connectivity index (χ0) is 12.5. The molecule has 2 N–H and O–H groups in total. The van der Waals surface area contributed by atoms with Crippen LogP contribution in [-0.2, 0) is 9.84 Å². The number of nitrogens with two attached hydrogens (primary N) is 1. The van der Waals surface area contributed by atoms with Gasteiger partial charge in [-0.2, -0.15) is 0 Å². The molecule has 0 radical (unpaired) electrons. The Morgan fingerprint density at radius 1 is 1.41 bits per heavy atom.